The van der Waals surface area contributed by atoms with Crippen molar-refractivity contribution in [2.45, 2.75) is 12.3 Å². The second-order valence-electron chi connectivity index (χ2n) is 4.88. The van der Waals surface area contributed by atoms with Crippen LogP contribution in [0.2, 0.25) is 0 Å². The van der Waals surface area contributed by atoms with Crippen LogP contribution in [0.15, 0.2) is 23.6 Å². The topological polar surface area (TPSA) is 89.5 Å². The van der Waals surface area contributed by atoms with Gasteiger partial charge in [-0.2, -0.15) is 11.8 Å². The number of aromatic nitrogens is 1. The second kappa shape index (κ2) is 9.28. The van der Waals surface area contributed by atoms with E-state index in [1.165, 1.54) is 20.3 Å². The minimum absolute atomic E-state index is 0.315. The van der Waals surface area contributed by atoms with Gasteiger partial charge in [-0.15, -0.1) is 11.3 Å². The van der Waals surface area contributed by atoms with E-state index in [0.29, 0.717) is 23.5 Å². The van der Waals surface area contributed by atoms with Gasteiger partial charge in [0.15, 0.2) is 0 Å². The molecule has 134 valence electrons. The summed E-state index contributed by atoms with van der Waals surface area (Å²) in [5, 5.41) is 8.35. The summed E-state index contributed by atoms with van der Waals surface area (Å²) in [6.07, 6.45) is 2.02. The van der Waals surface area contributed by atoms with Gasteiger partial charge in [0.25, 0.3) is 0 Å². The van der Waals surface area contributed by atoms with E-state index in [-0.39, 0.29) is 0 Å². The van der Waals surface area contributed by atoms with Gasteiger partial charge in [0.2, 0.25) is 0 Å². The van der Waals surface area contributed by atoms with Crippen LogP contribution in [-0.4, -0.2) is 37.5 Å². The number of thiazole rings is 1. The molecule has 0 bridgehead atoms. The van der Waals surface area contributed by atoms with E-state index in [4.69, 9.17) is 4.74 Å². The van der Waals surface area contributed by atoms with Crippen LogP contribution < -0.4 is 15.4 Å². The van der Waals surface area contributed by atoms with Crippen molar-refractivity contribution in [1.82, 2.24) is 10.3 Å². The van der Waals surface area contributed by atoms with Crippen molar-refractivity contribution >= 4 is 40.8 Å². The number of urea groups is 1. The van der Waals surface area contributed by atoms with Crippen LogP contribution in [0.5, 0.6) is 5.75 Å². The maximum absolute atomic E-state index is 12.1. The fourth-order valence-corrected chi connectivity index (χ4v) is 3.52. The van der Waals surface area contributed by atoms with Crippen LogP contribution in [-0.2, 0) is 17.0 Å². The number of anilines is 1. The zero-order valence-electron chi connectivity index (χ0n) is 14.1. The molecule has 0 unspecified atom stereocenters. The van der Waals surface area contributed by atoms with Crippen molar-refractivity contribution in [3.63, 3.8) is 0 Å². The quantitative estimate of drug-likeness (QED) is 0.716. The number of amides is 2. The first kappa shape index (κ1) is 19.1. The molecule has 0 aliphatic carbocycles. The number of carbonyl (C=O) groups is 2. The Morgan fingerprint density at radius 2 is 2.12 bits per heavy atom. The molecule has 0 saturated heterocycles. The molecule has 0 atom stereocenters. The van der Waals surface area contributed by atoms with E-state index in [2.05, 4.69) is 20.4 Å². The summed E-state index contributed by atoms with van der Waals surface area (Å²) in [5.41, 5.74) is 1.50. The highest BCUT2D eigenvalue weighted by atomic mass is 32.2. The number of carbonyl (C=O) groups excluding carboxylic acids is 2. The van der Waals surface area contributed by atoms with Crippen LogP contribution in [0.25, 0.3) is 0 Å². The number of ether oxygens (including phenoxy) is 2. The second-order valence-corrected chi connectivity index (χ2v) is 6.69. The molecule has 1 aromatic carbocycles. The normalized spacial score (nSPS) is 10.2. The maximum Gasteiger partial charge on any atom is 0.337 e. The Bertz CT molecular complexity index is 749. The van der Waals surface area contributed by atoms with E-state index >= 15 is 0 Å². The van der Waals surface area contributed by atoms with Gasteiger partial charge in [-0.25, -0.2) is 14.6 Å². The van der Waals surface area contributed by atoms with Gasteiger partial charge in [-0.3, -0.25) is 0 Å². The Labute approximate surface area is 154 Å². The highest BCUT2D eigenvalue weighted by Crippen LogP contribution is 2.25. The molecule has 2 aromatic rings. The molecule has 0 radical (unpaired) electrons. The summed E-state index contributed by atoms with van der Waals surface area (Å²) in [5.74, 6) is 0.808. The van der Waals surface area contributed by atoms with Crippen molar-refractivity contribution in [3.8, 4) is 5.75 Å². The number of nitrogens with one attached hydrogen (secondary N) is 2. The third-order valence-electron chi connectivity index (χ3n) is 3.17. The van der Waals surface area contributed by atoms with E-state index in [1.54, 1.807) is 35.2 Å². The zero-order valence-corrected chi connectivity index (χ0v) is 15.8. The summed E-state index contributed by atoms with van der Waals surface area (Å²) in [7, 11) is 2.78. The molecule has 1 heterocycles. The van der Waals surface area contributed by atoms with E-state index in [0.717, 1.165) is 16.5 Å². The number of esters is 1. The fraction of sp³-hybridized carbons (Fsp3) is 0.312. The van der Waals surface area contributed by atoms with E-state index in [9.17, 15) is 9.59 Å². The van der Waals surface area contributed by atoms with E-state index < -0.39 is 12.0 Å². The number of hydrogen-bond donors (Lipinski definition) is 2. The number of nitrogens with zero attached hydrogens (tertiary/aromatic N) is 1. The smallest absolute Gasteiger partial charge is 0.337 e. The molecule has 7 nitrogen and oxygen atoms in total. The van der Waals surface area contributed by atoms with Crippen molar-refractivity contribution in [3.05, 3.63) is 39.8 Å². The van der Waals surface area contributed by atoms with Crippen molar-refractivity contribution in [2.75, 3.05) is 25.8 Å². The lowest BCUT2D eigenvalue weighted by Gasteiger charge is -2.12. The molecule has 0 fully saturated rings. The van der Waals surface area contributed by atoms with Crippen molar-refractivity contribution in [2.24, 2.45) is 0 Å². The third kappa shape index (κ3) is 5.36. The first-order valence-corrected chi connectivity index (χ1v) is 9.58. The van der Waals surface area contributed by atoms with Crippen LogP contribution in [0.3, 0.4) is 0 Å². The predicted octanol–water partition coefficient (Wildman–Crippen LogP) is 3.12. The molecule has 2 amide bonds. The highest BCUT2D eigenvalue weighted by Gasteiger charge is 2.13. The largest absolute Gasteiger partial charge is 0.495 e. The molecule has 9 heteroatoms. The maximum atomic E-state index is 12.1. The Balaban J connectivity index is 1.99. The van der Waals surface area contributed by atoms with E-state index in [1.807, 2.05) is 11.6 Å². The Kier molecular flexibility index (Phi) is 7.08. The van der Waals surface area contributed by atoms with Crippen LogP contribution in [0.4, 0.5) is 10.5 Å². The van der Waals surface area contributed by atoms with Gasteiger partial charge in [-0.1, -0.05) is 0 Å². The van der Waals surface area contributed by atoms with Gasteiger partial charge in [0.05, 0.1) is 37.7 Å². The lowest BCUT2D eigenvalue weighted by Crippen LogP contribution is -2.28. The molecular formula is C16H19N3O4S2. The van der Waals surface area contributed by atoms with Crippen molar-refractivity contribution in [1.29, 1.82) is 0 Å². The molecule has 0 aliphatic rings. The van der Waals surface area contributed by atoms with Gasteiger partial charge < -0.3 is 20.1 Å². The summed E-state index contributed by atoms with van der Waals surface area (Å²) >= 11 is 3.27. The molecule has 0 saturated carbocycles. The zero-order chi connectivity index (χ0) is 18.2. The predicted molar refractivity (Wildman–Crippen MR) is 99.5 cm³/mol. The van der Waals surface area contributed by atoms with Gasteiger partial charge in [0, 0.05) is 11.1 Å². The molecule has 1 aromatic heterocycles. The van der Waals surface area contributed by atoms with Crippen LogP contribution in [0, 0.1) is 0 Å². The summed E-state index contributed by atoms with van der Waals surface area (Å²) < 4.78 is 9.88. The minimum Gasteiger partial charge on any atom is -0.495 e. The number of benzene rings is 1. The number of thioether (sulfide) groups is 1. The van der Waals surface area contributed by atoms with Gasteiger partial charge >= 0.3 is 12.0 Å². The summed E-state index contributed by atoms with van der Waals surface area (Å²) in [6, 6.07) is 4.25. The minimum atomic E-state index is -0.491. The van der Waals surface area contributed by atoms with Crippen LogP contribution in [0.1, 0.15) is 21.1 Å². The molecule has 25 heavy (non-hydrogen) atoms. The van der Waals surface area contributed by atoms with Crippen molar-refractivity contribution < 1.29 is 19.1 Å². The first-order valence-electron chi connectivity index (χ1n) is 7.30. The Morgan fingerprint density at radius 3 is 2.80 bits per heavy atom. The number of hydrogen-bond acceptors (Lipinski definition) is 7. The molecule has 0 spiro atoms. The van der Waals surface area contributed by atoms with Gasteiger partial charge in [0.1, 0.15) is 10.8 Å². The standard InChI is InChI=1S/C16H19N3O4S2/c1-22-13-5-4-10(15(20)23-2)6-12(13)19-16(21)17-7-11-8-25-14(18-11)9-24-3/h4-6,8H,7,9H2,1-3H3,(H2,17,19,21). The SMILES string of the molecule is COC(=O)c1ccc(OC)c(NC(=O)NCc2csc(CSC)n2)c1. The molecule has 2 rings (SSSR count). The average Bonchev–Trinajstić information content (AvgIpc) is 3.07. The first-order chi connectivity index (χ1) is 12.1. The Hall–Kier alpha value is -2.26. The lowest BCUT2D eigenvalue weighted by molar-refractivity contribution is 0.0600. The Morgan fingerprint density at radius 1 is 1.32 bits per heavy atom. The molecular weight excluding hydrogens is 362 g/mol. The third-order valence-corrected chi connectivity index (χ3v) is 4.81. The highest BCUT2D eigenvalue weighted by molar-refractivity contribution is 7.97. The number of rotatable bonds is 7. The van der Waals surface area contributed by atoms with Crippen LogP contribution >= 0.6 is 23.1 Å². The fourth-order valence-electron chi connectivity index (χ4n) is 2.01. The number of methoxy groups -OCH3 is 2. The summed E-state index contributed by atoms with van der Waals surface area (Å²) in [4.78, 5) is 28.2. The van der Waals surface area contributed by atoms with Gasteiger partial charge in [-0.05, 0) is 24.5 Å². The average molecular weight is 381 g/mol. The molecule has 2 N–H and O–H groups in total. The molecule has 0 aliphatic heterocycles. The lowest BCUT2D eigenvalue weighted by atomic mass is 10.2. The summed E-state index contributed by atoms with van der Waals surface area (Å²) in [6.45, 7) is 0.315. The monoisotopic (exact) mass is 381 g/mol.